The molecule has 0 saturated carbocycles. The van der Waals surface area contributed by atoms with Crippen LogP contribution in [0, 0.1) is 0 Å². The van der Waals surface area contributed by atoms with Crippen molar-refractivity contribution in [1.29, 1.82) is 0 Å². The Morgan fingerprint density at radius 1 is 1.27 bits per heavy atom. The Hall–Kier alpha value is -2.36. The summed E-state index contributed by atoms with van der Waals surface area (Å²) < 4.78 is 12.5. The Morgan fingerprint density at radius 3 is 2.90 bits per heavy atom. The van der Waals surface area contributed by atoms with Crippen molar-refractivity contribution in [2.45, 2.75) is 43.9 Å². The SMILES string of the molecule is Nc1ccn([C@H]2CS[C@@H](COC(=O)CCCCCNCc3ccccc3)O2)c(=O)n1. The molecule has 0 bridgehead atoms. The number of anilines is 1. The van der Waals surface area contributed by atoms with Gasteiger partial charge in [0.2, 0.25) is 0 Å². The lowest BCUT2D eigenvalue weighted by Gasteiger charge is -2.14. The molecule has 1 fully saturated rings. The molecule has 1 aliphatic heterocycles. The molecular weight excluding hydrogens is 404 g/mol. The molecule has 1 saturated heterocycles. The molecule has 0 aliphatic carbocycles. The fourth-order valence-electron chi connectivity index (χ4n) is 3.08. The Labute approximate surface area is 180 Å². The molecule has 2 aromatic rings. The summed E-state index contributed by atoms with van der Waals surface area (Å²) in [6, 6.07) is 11.8. The van der Waals surface area contributed by atoms with Gasteiger partial charge in [-0.15, -0.1) is 11.8 Å². The Balaban J connectivity index is 1.23. The standard InChI is InChI=1S/C21H28N4O4S/c22-17-10-12-25(21(27)24-17)18-15-30-20(29-18)14-28-19(26)9-5-2-6-11-23-13-16-7-3-1-4-8-16/h1,3-4,7-8,10,12,18,20,23H,2,5-6,9,11,13-15H2,(H2,22,24,27)/t18-,20+/m1/s1. The molecular formula is C21H28N4O4S. The highest BCUT2D eigenvalue weighted by molar-refractivity contribution is 8.00. The van der Waals surface area contributed by atoms with Crippen LogP contribution in [0.5, 0.6) is 0 Å². The van der Waals surface area contributed by atoms with Crippen LogP contribution in [-0.4, -0.2) is 39.9 Å². The molecule has 0 spiro atoms. The zero-order chi connectivity index (χ0) is 21.2. The van der Waals surface area contributed by atoms with Gasteiger partial charge < -0.3 is 20.5 Å². The minimum absolute atomic E-state index is 0.176. The number of nitrogen functional groups attached to an aromatic ring is 1. The number of ether oxygens (including phenoxy) is 2. The molecule has 162 valence electrons. The molecule has 2 heterocycles. The van der Waals surface area contributed by atoms with E-state index in [1.165, 1.54) is 21.9 Å². The third kappa shape index (κ3) is 7.16. The van der Waals surface area contributed by atoms with Crippen LogP contribution in [0.2, 0.25) is 0 Å². The van der Waals surface area contributed by atoms with Gasteiger partial charge in [0.15, 0.2) is 0 Å². The lowest BCUT2D eigenvalue weighted by Crippen LogP contribution is -2.29. The van der Waals surface area contributed by atoms with Gasteiger partial charge in [-0.3, -0.25) is 9.36 Å². The van der Waals surface area contributed by atoms with E-state index in [-0.39, 0.29) is 23.8 Å². The lowest BCUT2D eigenvalue weighted by atomic mass is 10.2. The largest absolute Gasteiger partial charge is 0.462 e. The highest BCUT2D eigenvalue weighted by atomic mass is 32.2. The zero-order valence-corrected chi connectivity index (χ0v) is 17.7. The van der Waals surface area contributed by atoms with E-state index in [0.29, 0.717) is 12.2 Å². The fraction of sp³-hybridized carbons (Fsp3) is 0.476. The topological polar surface area (TPSA) is 108 Å². The molecule has 1 aromatic heterocycles. The highest BCUT2D eigenvalue weighted by Crippen LogP contribution is 2.31. The van der Waals surface area contributed by atoms with Gasteiger partial charge in [-0.1, -0.05) is 36.8 Å². The maximum atomic E-state index is 11.9. The van der Waals surface area contributed by atoms with Crippen molar-refractivity contribution in [1.82, 2.24) is 14.9 Å². The number of unbranched alkanes of at least 4 members (excludes halogenated alkanes) is 2. The van der Waals surface area contributed by atoms with Crippen molar-refractivity contribution in [3.8, 4) is 0 Å². The predicted molar refractivity (Wildman–Crippen MR) is 117 cm³/mol. The van der Waals surface area contributed by atoms with Crippen LogP contribution in [0.25, 0.3) is 0 Å². The molecule has 0 radical (unpaired) electrons. The van der Waals surface area contributed by atoms with Gasteiger partial charge in [-0.25, -0.2) is 4.79 Å². The smallest absolute Gasteiger partial charge is 0.351 e. The van der Waals surface area contributed by atoms with Crippen molar-refractivity contribution < 1.29 is 14.3 Å². The quantitative estimate of drug-likeness (QED) is 0.411. The average molecular weight is 433 g/mol. The Kier molecular flexibility index (Phi) is 8.73. The minimum atomic E-state index is -0.448. The van der Waals surface area contributed by atoms with Crippen LogP contribution < -0.4 is 16.7 Å². The molecule has 2 atom stereocenters. The van der Waals surface area contributed by atoms with Gasteiger partial charge >= 0.3 is 11.7 Å². The minimum Gasteiger partial charge on any atom is -0.462 e. The maximum absolute atomic E-state index is 11.9. The molecule has 8 nitrogen and oxygen atoms in total. The molecule has 30 heavy (non-hydrogen) atoms. The van der Waals surface area contributed by atoms with Crippen LogP contribution in [-0.2, 0) is 20.8 Å². The average Bonchev–Trinajstić information content (AvgIpc) is 3.21. The first-order valence-electron chi connectivity index (χ1n) is 10.1. The molecule has 3 N–H and O–H groups in total. The van der Waals surface area contributed by atoms with Crippen LogP contribution in [0.4, 0.5) is 5.82 Å². The van der Waals surface area contributed by atoms with Crippen molar-refractivity contribution in [3.05, 3.63) is 58.6 Å². The molecule has 0 unspecified atom stereocenters. The number of aromatic nitrogens is 2. The third-order valence-electron chi connectivity index (χ3n) is 4.68. The molecule has 9 heteroatoms. The number of nitrogens with two attached hydrogens (primary N) is 1. The normalized spacial score (nSPS) is 18.4. The van der Waals surface area contributed by atoms with Gasteiger partial charge in [0.05, 0.1) is 0 Å². The number of hydrogen-bond donors (Lipinski definition) is 2. The van der Waals surface area contributed by atoms with E-state index >= 15 is 0 Å². The third-order valence-corrected chi connectivity index (χ3v) is 5.78. The van der Waals surface area contributed by atoms with E-state index in [1.807, 2.05) is 18.2 Å². The summed E-state index contributed by atoms with van der Waals surface area (Å²) in [6.45, 7) is 1.97. The summed E-state index contributed by atoms with van der Waals surface area (Å²) in [5.41, 5.74) is 6.04. The molecule has 0 amide bonds. The van der Waals surface area contributed by atoms with Crippen LogP contribution >= 0.6 is 11.8 Å². The zero-order valence-electron chi connectivity index (χ0n) is 16.9. The van der Waals surface area contributed by atoms with E-state index in [4.69, 9.17) is 15.2 Å². The van der Waals surface area contributed by atoms with Gasteiger partial charge in [0.1, 0.15) is 24.1 Å². The van der Waals surface area contributed by atoms with Crippen molar-refractivity contribution in [3.63, 3.8) is 0 Å². The highest BCUT2D eigenvalue weighted by Gasteiger charge is 2.29. The number of nitrogens with one attached hydrogen (secondary N) is 1. The number of carbonyl (C=O) groups is 1. The first-order valence-corrected chi connectivity index (χ1v) is 11.2. The van der Waals surface area contributed by atoms with E-state index in [9.17, 15) is 9.59 Å². The van der Waals surface area contributed by atoms with Gasteiger partial charge in [0, 0.05) is 24.9 Å². The van der Waals surface area contributed by atoms with Gasteiger partial charge in [0.25, 0.3) is 0 Å². The molecule has 1 aliphatic rings. The first kappa shape index (κ1) is 22.3. The number of esters is 1. The summed E-state index contributed by atoms with van der Waals surface area (Å²) in [5.74, 6) is 0.550. The lowest BCUT2D eigenvalue weighted by molar-refractivity contribution is -0.147. The van der Waals surface area contributed by atoms with E-state index < -0.39 is 11.9 Å². The number of rotatable bonds is 11. The second-order valence-corrected chi connectivity index (χ2v) is 8.24. The van der Waals surface area contributed by atoms with Crippen LogP contribution in [0.15, 0.2) is 47.4 Å². The molecule has 1 aromatic carbocycles. The summed E-state index contributed by atoms with van der Waals surface area (Å²) >= 11 is 1.51. The van der Waals surface area contributed by atoms with Crippen molar-refractivity contribution in [2.75, 3.05) is 24.6 Å². The summed E-state index contributed by atoms with van der Waals surface area (Å²) in [5, 5.41) is 3.41. The molecule has 3 rings (SSSR count). The van der Waals surface area contributed by atoms with E-state index in [0.717, 1.165) is 32.4 Å². The monoisotopic (exact) mass is 432 g/mol. The summed E-state index contributed by atoms with van der Waals surface area (Å²) in [7, 11) is 0. The summed E-state index contributed by atoms with van der Waals surface area (Å²) in [4.78, 5) is 27.5. The first-order chi connectivity index (χ1) is 14.6. The number of nitrogens with zero attached hydrogens (tertiary/aromatic N) is 2. The Morgan fingerprint density at radius 2 is 2.10 bits per heavy atom. The number of thioether (sulfide) groups is 1. The number of carbonyl (C=O) groups excluding carboxylic acids is 1. The second-order valence-electron chi connectivity index (χ2n) is 7.05. The Bertz CT molecular complexity index is 862. The van der Waals surface area contributed by atoms with E-state index in [2.05, 4.69) is 22.4 Å². The second kappa shape index (κ2) is 11.7. The predicted octanol–water partition coefficient (Wildman–Crippen LogP) is 2.31. The fourth-order valence-corrected chi connectivity index (χ4v) is 4.07. The number of benzene rings is 1. The van der Waals surface area contributed by atoms with Crippen molar-refractivity contribution in [2.24, 2.45) is 0 Å². The van der Waals surface area contributed by atoms with Crippen molar-refractivity contribution >= 4 is 23.5 Å². The van der Waals surface area contributed by atoms with E-state index in [1.54, 1.807) is 12.3 Å². The summed E-state index contributed by atoms with van der Waals surface area (Å²) in [6.07, 6.45) is 4.34. The van der Waals surface area contributed by atoms with Crippen LogP contribution in [0.1, 0.15) is 37.5 Å². The van der Waals surface area contributed by atoms with Gasteiger partial charge in [-0.2, -0.15) is 4.98 Å². The van der Waals surface area contributed by atoms with Crippen LogP contribution in [0.3, 0.4) is 0 Å². The number of hydrogen-bond acceptors (Lipinski definition) is 8. The maximum Gasteiger partial charge on any atom is 0.351 e. The van der Waals surface area contributed by atoms with Gasteiger partial charge in [-0.05, 0) is 31.0 Å².